The van der Waals surface area contributed by atoms with Crippen LogP contribution < -0.4 is 15.7 Å². The van der Waals surface area contributed by atoms with Gasteiger partial charge in [-0.25, -0.2) is 9.59 Å². The highest BCUT2D eigenvalue weighted by Crippen LogP contribution is 2.29. The Morgan fingerprint density at radius 2 is 1.94 bits per heavy atom. The van der Waals surface area contributed by atoms with Gasteiger partial charge in [0, 0.05) is 23.1 Å². The normalized spacial score (nSPS) is 21.4. The molecule has 1 fully saturated rings. The molecule has 1 aromatic heterocycles. The van der Waals surface area contributed by atoms with Gasteiger partial charge in [-0.1, -0.05) is 19.8 Å². The van der Waals surface area contributed by atoms with Crippen molar-refractivity contribution in [3.05, 3.63) is 39.7 Å². The molecular weight excluding hydrogens is 398 g/mol. The molecule has 0 bridgehead atoms. The second-order valence-corrected chi connectivity index (χ2v) is 8.66. The molecule has 0 saturated heterocycles. The van der Waals surface area contributed by atoms with Gasteiger partial charge >= 0.3 is 11.6 Å². The monoisotopic (exact) mass is 427 g/mol. The van der Waals surface area contributed by atoms with Crippen molar-refractivity contribution in [1.82, 2.24) is 5.32 Å². The number of ether oxygens (including phenoxy) is 2. The molecule has 0 radical (unpaired) electrons. The van der Waals surface area contributed by atoms with Crippen LogP contribution in [0.2, 0.25) is 0 Å². The molecule has 0 aliphatic heterocycles. The van der Waals surface area contributed by atoms with E-state index in [1.54, 1.807) is 19.1 Å². The predicted octanol–water partition coefficient (Wildman–Crippen LogP) is 3.29. The Morgan fingerprint density at radius 3 is 2.74 bits per heavy atom. The van der Waals surface area contributed by atoms with E-state index in [1.807, 2.05) is 6.07 Å². The van der Waals surface area contributed by atoms with Gasteiger partial charge < -0.3 is 19.2 Å². The third-order valence-electron chi connectivity index (χ3n) is 6.42. The van der Waals surface area contributed by atoms with Gasteiger partial charge in [-0.2, -0.15) is 0 Å². The molecule has 0 spiro atoms. The summed E-state index contributed by atoms with van der Waals surface area (Å²) in [5.41, 5.74) is 1.96. The lowest BCUT2D eigenvalue weighted by Crippen LogP contribution is -2.46. The molecule has 1 N–H and O–H groups in total. The van der Waals surface area contributed by atoms with Crippen molar-refractivity contribution >= 4 is 22.8 Å². The summed E-state index contributed by atoms with van der Waals surface area (Å²) in [6.07, 6.45) is 6.03. The first kappa shape index (κ1) is 21.4. The number of rotatable bonds is 6. The van der Waals surface area contributed by atoms with Crippen LogP contribution in [0.4, 0.5) is 0 Å². The molecule has 7 nitrogen and oxygen atoms in total. The van der Waals surface area contributed by atoms with Crippen molar-refractivity contribution < 1.29 is 23.5 Å². The standard InChI is InChI=1S/C24H29NO6/c1-14-6-3-4-9-20(14)25-23(27)15(2)30-22(26)13-29-16-10-11-18-17-7-5-8-19(17)24(28)31-21(18)12-16/h10-12,14-15,20H,3-9,13H2,1-2H3,(H,25,27)/t14-,15-,20-/m1/s1. The highest BCUT2D eigenvalue weighted by molar-refractivity contribution is 5.84. The second kappa shape index (κ2) is 9.12. The molecule has 2 aromatic rings. The Morgan fingerprint density at radius 1 is 1.16 bits per heavy atom. The first-order valence-electron chi connectivity index (χ1n) is 11.1. The van der Waals surface area contributed by atoms with Crippen LogP contribution in [-0.2, 0) is 27.2 Å². The molecule has 7 heteroatoms. The average Bonchev–Trinajstić information content (AvgIpc) is 3.24. The van der Waals surface area contributed by atoms with Gasteiger partial charge in [0.05, 0.1) is 0 Å². The van der Waals surface area contributed by atoms with E-state index in [0.29, 0.717) is 17.3 Å². The van der Waals surface area contributed by atoms with E-state index < -0.39 is 12.1 Å². The number of nitrogens with one attached hydrogen (secondary N) is 1. The van der Waals surface area contributed by atoms with E-state index in [0.717, 1.165) is 55.0 Å². The number of carbonyl (C=O) groups excluding carboxylic acids is 2. The first-order chi connectivity index (χ1) is 14.9. The third kappa shape index (κ3) is 4.75. The highest BCUT2D eigenvalue weighted by Gasteiger charge is 2.26. The number of benzene rings is 1. The minimum absolute atomic E-state index is 0.132. The summed E-state index contributed by atoms with van der Waals surface area (Å²) < 4.78 is 16.2. The predicted molar refractivity (Wildman–Crippen MR) is 115 cm³/mol. The van der Waals surface area contributed by atoms with Gasteiger partial charge in [-0.05, 0) is 62.6 Å². The van der Waals surface area contributed by atoms with E-state index in [2.05, 4.69) is 12.2 Å². The molecule has 166 valence electrons. The molecule has 31 heavy (non-hydrogen) atoms. The van der Waals surface area contributed by atoms with Crippen molar-refractivity contribution in [2.45, 2.75) is 70.9 Å². The summed E-state index contributed by atoms with van der Waals surface area (Å²) in [5, 5.41) is 3.90. The number of aryl methyl sites for hydroxylation is 1. The molecule has 1 amide bonds. The van der Waals surface area contributed by atoms with Gasteiger partial charge in [0.25, 0.3) is 5.91 Å². The Kier molecular flexibility index (Phi) is 6.30. The Bertz CT molecular complexity index is 1040. The molecule has 0 unspecified atom stereocenters. The van der Waals surface area contributed by atoms with Gasteiger partial charge in [0.15, 0.2) is 12.7 Å². The number of carbonyl (C=O) groups is 2. The van der Waals surface area contributed by atoms with E-state index >= 15 is 0 Å². The van der Waals surface area contributed by atoms with Crippen molar-refractivity contribution in [3.63, 3.8) is 0 Å². The molecule has 1 saturated carbocycles. The van der Waals surface area contributed by atoms with Crippen LogP contribution >= 0.6 is 0 Å². The Balaban J connectivity index is 1.32. The van der Waals surface area contributed by atoms with Crippen molar-refractivity contribution in [3.8, 4) is 5.75 Å². The summed E-state index contributed by atoms with van der Waals surface area (Å²) in [7, 11) is 0. The van der Waals surface area contributed by atoms with Crippen LogP contribution in [-0.4, -0.2) is 30.6 Å². The maximum atomic E-state index is 12.4. The SMILES string of the molecule is C[C@@H]1CCCC[C@H]1NC(=O)[C@@H](C)OC(=O)COc1ccc2c3c(c(=O)oc2c1)CCC3. The van der Waals surface area contributed by atoms with Crippen LogP contribution in [0.15, 0.2) is 27.4 Å². The number of amides is 1. The quantitative estimate of drug-likeness (QED) is 0.562. The second-order valence-electron chi connectivity index (χ2n) is 8.66. The summed E-state index contributed by atoms with van der Waals surface area (Å²) >= 11 is 0. The van der Waals surface area contributed by atoms with E-state index in [1.165, 1.54) is 6.42 Å². The summed E-state index contributed by atoms with van der Waals surface area (Å²) in [6.45, 7) is 3.36. The average molecular weight is 427 g/mol. The fourth-order valence-electron chi connectivity index (χ4n) is 4.61. The maximum Gasteiger partial charge on any atom is 0.344 e. The van der Waals surface area contributed by atoms with Crippen LogP contribution in [0.3, 0.4) is 0 Å². The van der Waals surface area contributed by atoms with E-state index in [9.17, 15) is 14.4 Å². The smallest absolute Gasteiger partial charge is 0.344 e. The van der Waals surface area contributed by atoms with E-state index in [4.69, 9.17) is 13.9 Å². The highest BCUT2D eigenvalue weighted by atomic mass is 16.6. The Hall–Kier alpha value is -2.83. The first-order valence-corrected chi connectivity index (χ1v) is 11.1. The van der Waals surface area contributed by atoms with Crippen molar-refractivity contribution in [1.29, 1.82) is 0 Å². The zero-order valence-corrected chi connectivity index (χ0v) is 18.1. The number of fused-ring (bicyclic) bond motifs is 3. The summed E-state index contributed by atoms with van der Waals surface area (Å²) in [4.78, 5) is 36.7. The molecule has 2 aliphatic rings. The largest absolute Gasteiger partial charge is 0.482 e. The summed E-state index contributed by atoms with van der Waals surface area (Å²) in [5.74, 6) is -0.0833. The number of esters is 1. The van der Waals surface area contributed by atoms with Gasteiger partial charge in [0.2, 0.25) is 0 Å². The topological polar surface area (TPSA) is 94.8 Å². The van der Waals surface area contributed by atoms with Gasteiger partial charge in [-0.15, -0.1) is 0 Å². The molecule has 4 rings (SSSR count). The minimum atomic E-state index is -0.887. The number of hydrogen-bond donors (Lipinski definition) is 1. The summed E-state index contributed by atoms with van der Waals surface area (Å²) in [6, 6.07) is 5.34. The van der Waals surface area contributed by atoms with E-state index in [-0.39, 0.29) is 24.2 Å². The van der Waals surface area contributed by atoms with Crippen molar-refractivity contribution in [2.75, 3.05) is 6.61 Å². The molecule has 1 heterocycles. The van der Waals surface area contributed by atoms with Gasteiger partial charge in [0.1, 0.15) is 11.3 Å². The minimum Gasteiger partial charge on any atom is -0.482 e. The lowest BCUT2D eigenvalue weighted by molar-refractivity contribution is -0.157. The third-order valence-corrected chi connectivity index (χ3v) is 6.42. The molecule has 1 aromatic carbocycles. The van der Waals surface area contributed by atoms with Crippen LogP contribution in [0.1, 0.15) is 57.1 Å². The van der Waals surface area contributed by atoms with Crippen molar-refractivity contribution in [2.24, 2.45) is 5.92 Å². The number of hydrogen-bond acceptors (Lipinski definition) is 6. The molecule has 2 aliphatic carbocycles. The fourth-order valence-corrected chi connectivity index (χ4v) is 4.61. The zero-order chi connectivity index (χ0) is 22.0. The Labute approximate surface area is 181 Å². The van der Waals surface area contributed by atoms with Crippen LogP contribution in [0.5, 0.6) is 5.75 Å². The lowest BCUT2D eigenvalue weighted by atomic mass is 9.86. The fraction of sp³-hybridized carbons (Fsp3) is 0.542. The molecule has 3 atom stereocenters. The zero-order valence-electron chi connectivity index (χ0n) is 18.1. The van der Waals surface area contributed by atoms with Gasteiger partial charge in [-0.3, -0.25) is 4.79 Å². The van der Waals surface area contributed by atoms with Crippen LogP contribution in [0, 0.1) is 5.92 Å². The molecular formula is C24H29NO6. The van der Waals surface area contributed by atoms with Crippen LogP contribution in [0.25, 0.3) is 11.0 Å². The maximum absolute atomic E-state index is 12.4. The lowest BCUT2D eigenvalue weighted by Gasteiger charge is -2.30.